The van der Waals surface area contributed by atoms with Crippen LogP contribution in [-0.2, 0) is 142 Å². The van der Waals surface area contributed by atoms with Gasteiger partial charge in [0.25, 0.3) is 11.8 Å². The van der Waals surface area contributed by atoms with Gasteiger partial charge < -0.3 is 162 Å². The van der Waals surface area contributed by atoms with Crippen molar-refractivity contribution < 1.29 is 180 Å². The molecule has 0 aliphatic carbocycles. The van der Waals surface area contributed by atoms with Crippen LogP contribution in [0.15, 0.2) is 60.3 Å². The van der Waals surface area contributed by atoms with Crippen molar-refractivity contribution in [2.24, 2.45) is 5.73 Å². The summed E-state index contributed by atoms with van der Waals surface area (Å²) < 4.78 is 64.1. The highest BCUT2D eigenvalue weighted by atomic mass is 16.8. The number of primary amides is 1. The van der Waals surface area contributed by atoms with Gasteiger partial charge in [-0.25, -0.2) is 4.79 Å². The first-order valence-electron chi connectivity index (χ1n) is 44.8. The van der Waals surface area contributed by atoms with Crippen molar-refractivity contribution in [2.45, 2.75) is 337 Å². The van der Waals surface area contributed by atoms with Crippen LogP contribution >= 0.6 is 0 Å². The number of carbonyl (C=O) groups excluding carboxylic acids is 16. The molecule has 0 spiro atoms. The molecule has 136 heavy (non-hydrogen) atoms. The number of benzene rings is 2. The molecule has 0 bridgehead atoms. The van der Waals surface area contributed by atoms with Gasteiger partial charge in [-0.05, 0) is 82.9 Å². The molecule has 4 aliphatic heterocycles. The predicted octanol–water partition coefficient (Wildman–Crippen LogP) is -5.32. The van der Waals surface area contributed by atoms with Crippen molar-refractivity contribution in [1.82, 2.24) is 52.8 Å². The number of allylic oxidation sites excluding steroid dienone is 1. The number of unbranched alkanes of at least 4 members (excludes halogenated alkanes) is 9. The third kappa shape index (κ3) is 34.8. The number of ether oxygens (including phenoxy) is 11. The summed E-state index contributed by atoms with van der Waals surface area (Å²) in [7, 11) is 0.965. The largest absolute Gasteiger partial charge is 0.508 e. The minimum absolute atomic E-state index is 0.0877. The molecule has 0 radical (unpaired) electrons. The van der Waals surface area contributed by atoms with Gasteiger partial charge in [0.15, 0.2) is 43.3 Å². The van der Waals surface area contributed by atoms with Crippen LogP contribution in [0.5, 0.6) is 11.5 Å². The zero-order chi connectivity index (χ0) is 101. The van der Waals surface area contributed by atoms with Crippen LogP contribution in [0, 0.1) is 0 Å². The Morgan fingerprint density at radius 2 is 1.17 bits per heavy atom. The van der Waals surface area contributed by atoms with Crippen LogP contribution in [0.2, 0.25) is 0 Å². The van der Waals surface area contributed by atoms with E-state index in [1.807, 2.05) is 0 Å². The molecule has 760 valence electrons. The average molecular weight is 1940 g/mol. The maximum atomic E-state index is 15.8. The number of likely N-dealkylation sites (N-methyl/N-ethyl adjacent to an activating group) is 1. The average Bonchev–Trinajstić information content (AvgIpc) is 0.781. The molecule has 4 heterocycles. The molecule has 21 N–H and O–H groups in total. The van der Waals surface area contributed by atoms with Crippen molar-refractivity contribution in [3.63, 3.8) is 0 Å². The number of esters is 5. The zero-order valence-electron chi connectivity index (χ0n) is 77.7. The van der Waals surface area contributed by atoms with Gasteiger partial charge in [0.2, 0.25) is 53.2 Å². The third-order valence-corrected chi connectivity index (χ3v) is 22.5. The molecule has 48 nitrogen and oxygen atoms in total. The molecule has 27 atom stereocenters. The number of amides is 11. The number of phenolic OH excluding ortho intramolecular Hbond substituents is 2. The van der Waals surface area contributed by atoms with Crippen LogP contribution in [0.4, 0.5) is 0 Å². The van der Waals surface area contributed by atoms with Gasteiger partial charge in [-0.1, -0.05) is 101 Å². The van der Waals surface area contributed by atoms with Crippen LogP contribution in [-0.4, -0.2) is 349 Å². The summed E-state index contributed by atoms with van der Waals surface area (Å²) in [5, 5.41) is 132. The molecule has 6 rings (SSSR count). The van der Waals surface area contributed by atoms with Gasteiger partial charge in [-0.2, -0.15) is 0 Å². The van der Waals surface area contributed by atoms with E-state index in [0.29, 0.717) is 17.7 Å². The van der Waals surface area contributed by atoms with Gasteiger partial charge in [0.05, 0.1) is 44.2 Å². The Morgan fingerprint density at radius 1 is 0.610 bits per heavy atom. The number of nitrogens with zero attached hydrogens (tertiary/aromatic N) is 1. The number of carbonyl (C=O) groups is 16. The maximum absolute atomic E-state index is 15.8. The normalized spacial score (nSPS) is 28.8. The SMILES string of the molecule is CC=C1NC(=O)C(Cc2ccc(O)cc2)NC(=O)C(C(C)O)NC(=O)C(NC(=O)C(NC(=O)C(O)C(CCCCCCCCCCCC)OC2OCC(O)C(OC3OC(CO)C(O)C(O)C3NC(C)=O)C2O)C(C)O)C(C)OC(=O)C(Cc2ccc(O)cc2)NC(=O)C(C(C)OC2OC(COC(C)=O)C(OC(C)=O)C(OC(C)=O)C2OC(C)=O)N(C)C(=O)CNC(=O)C(CCC(N)=O)NC1=O. The fraction of sp³-hybridized carbons (Fsp3) is 0.659. The fourth-order valence-electron chi connectivity index (χ4n) is 15.3. The predicted molar refractivity (Wildman–Crippen MR) is 466 cm³/mol. The first kappa shape index (κ1) is 113. The molecule has 27 unspecified atom stereocenters. The number of aliphatic hydroxyl groups excluding tert-OH is 8. The van der Waals surface area contributed by atoms with Gasteiger partial charge in [0, 0.05) is 60.9 Å². The van der Waals surface area contributed by atoms with Crippen molar-refractivity contribution in [2.75, 3.05) is 33.4 Å². The summed E-state index contributed by atoms with van der Waals surface area (Å²) in [5.41, 5.74) is 5.15. The molecular weight excluding hydrogens is 1800 g/mol. The number of aliphatic hydroxyl groups is 8. The number of phenols is 2. The highest BCUT2D eigenvalue weighted by molar-refractivity contribution is 6.03. The second-order valence-corrected chi connectivity index (χ2v) is 33.6. The molecule has 4 fully saturated rings. The number of aromatic hydroxyl groups is 2. The Labute approximate surface area is 783 Å². The summed E-state index contributed by atoms with van der Waals surface area (Å²) >= 11 is 0. The minimum atomic E-state index is -2.47. The summed E-state index contributed by atoms with van der Waals surface area (Å²) in [5.74, 6) is -20.5. The molecule has 4 saturated heterocycles. The van der Waals surface area contributed by atoms with Gasteiger partial charge in [-0.15, -0.1) is 0 Å². The number of nitrogens with one attached hydrogen (secondary N) is 9. The molecule has 48 heteroatoms. The Morgan fingerprint density at radius 3 is 1.71 bits per heavy atom. The number of hydrogen-bond acceptors (Lipinski definition) is 37. The first-order valence-corrected chi connectivity index (χ1v) is 44.8. The Balaban J connectivity index is 1.50. The first-order chi connectivity index (χ1) is 64.2. The molecular formula is C88H131N11O37. The summed E-state index contributed by atoms with van der Waals surface area (Å²) in [4.78, 5) is 227. The lowest BCUT2D eigenvalue weighted by atomic mass is 9.96. The van der Waals surface area contributed by atoms with E-state index < -0.39 is 317 Å². The molecule has 2 aromatic carbocycles. The van der Waals surface area contributed by atoms with Crippen molar-refractivity contribution in [3.05, 3.63) is 71.4 Å². The fourth-order valence-corrected chi connectivity index (χ4v) is 15.3. The van der Waals surface area contributed by atoms with Gasteiger partial charge >= 0.3 is 29.8 Å². The second kappa shape index (κ2) is 55.2. The molecule has 0 aromatic heterocycles. The van der Waals surface area contributed by atoms with E-state index in [2.05, 4.69) is 54.8 Å². The van der Waals surface area contributed by atoms with Crippen molar-refractivity contribution >= 4 is 94.8 Å². The standard InChI is InChI=1S/C88H131N11O37/c1-13-15-16-17-18-19-20-21-22-23-24-59(133-87-72(116)73(58(110)39-127-87)136-86-67(91-45(7)103)71(115)69(113)60(38-100)134-86)70(114)84(124)97-65(42(4)102)81(121)98-66-43(5)128-85(125)57(36-51-27-31-53(109)32-28-51)95-83(123)68(44(6)129-88-76(132-49(11)107)75(131-48(10)106)74(130-47(9)105)61(135-88)40-126-46(8)104)99(12)63(112)37-90-77(117)55(33-34-62(89)111)93-78(118)54(14-2)92-79(119)56(35-50-25-29-52(108)30-26-50)94-80(120)64(41(3)101)96-82(66)122/h14,25-32,41-44,55-61,64-76,86-88,100-102,108-110,113-116H,13,15-24,33-40H2,1-12H3,(H2,89,111)(H,90,117)(H,91,103)(H,92,119)(H,93,118)(H,94,120)(H,95,123)(H,96,122)(H,97,124)(H,98,121). The third-order valence-electron chi connectivity index (χ3n) is 22.5. The number of cyclic esters (lactones) is 1. The second-order valence-electron chi connectivity index (χ2n) is 33.6. The smallest absolute Gasteiger partial charge is 0.329 e. The van der Waals surface area contributed by atoms with E-state index in [0.717, 1.165) is 133 Å². The van der Waals surface area contributed by atoms with E-state index in [4.69, 9.17) is 57.8 Å². The van der Waals surface area contributed by atoms with E-state index in [-0.39, 0.29) is 35.5 Å². The van der Waals surface area contributed by atoms with E-state index in [1.54, 1.807) is 0 Å². The Bertz CT molecular complexity index is 4390. The van der Waals surface area contributed by atoms with Crippen molar-refractivity contribution in [3.8, 4) is 11.5 Å². The van der Waals surface area contributed by atoms with E-state index in [1.165, 1.54) is 43.3 Å². The lowest BCUT2D eigenvalue weighted by Crippen LogP contribution is -2.67. The van der Waals surface area contributed by atoms with Crippen LogP contribution in [0.25, 0.3) is 0 Å². The number of nitrogens with two attached hydrogens (primary N) is 1. The van der Waals surface area contributed by atoms with Crippen LogP contribution < -0.4 is 53.6 Å². The lowest BCUT2D eigenvalue weighted by molar-refractivity contribution is -0.339. The Hall–Kier alpha value is -11.3. The number of rotatable bonds is 39. The van der Waals surface area contributed by atoms with E-state index in [9.17, 15) is 109 Å². The summed E-state index contributed by atoms with van der Waals surface area (Å²) in [6, 6.07) is -6.78. The monoisotopic (exact) mass is 1930 g/mol. The lowest BCUT2D eigenvalue weighted by Gasteiger charge is -2.46. The van der Waals surface area contributed by atoms with Crippen molar-refractivity contribution in [1.29, 1.82) is 0 Å². The highest BCUT2D eigenvalue weighted by Crippen LogP contribution is 2.34. The Kier molecular flexibility index (Phi) is 46.1. The highest BCUT2D eigenvalue weighted by Gasteiger charge is 2.56. The molecule has 11 amide bonds. The molecule has 4 aliphatic rings. The molecule has 0 saturated carbocycles. The van der Waals surface area contributed by atoms with Gasteiger partial charge in [0.1, 0.15) is 121 Å². The number of hydrogen-bond donors (Lipinski definition) is 20. The quantitative estimate of drug-likeness (QED) is 0.0129. The topological polar surface area (TPSA) is 714 Å². The van der Waals surface area contributed by atoms with Crippen LogP contribution in [0.1, 0.15) is 171 Å². The summed E-state index contributed by atoms with van der Waals surface area (Å²) in [6.45, 7) is 8.59. The van der Waals surface area contributed by atoms with Crippen LogP contribution in [0.3, 0.4) is 0 Å². The van der Waals surface area contributed by atoms with E-state index >= 15 is 19.2 Å². The molecule has 2 aromatic rings. The van der Waals surface area contributed by atoms with Gasteiger partial charge in [-0.3, -0.25) is 71.9 Å². The minimum Gasteiger partial charge on any atom is -0.508 e. The zero-order valence-corrected chi connectivity index (χ0v) is 77.7. The maximum Gasteiger partial charge on any atom is 0.329 e. The summed E-state index contributed by atoms with van der Waals surface area (Å²) in [6.07, 6.45) is -30.0.